The number of carbonyl (C=O) groups excluding carboxylic acids is 2. The SMILES string of the molecule is CN(C)CC(=O)N(C)[C@@H](Cc1ccc(F)cc1)C1CCN(C(=O)c2cccc(-c3ccco3)c2)CC1. The number of likely N-dealkylation sites (tertiary alicyclic amines) is 1. The topological polar surface area (TPSA) is 57.0 Å². The molecule has 0 unspecified atom stereocenters. The summed E-state index contributed by atoms with van der Waals surface area (Å²) >= 11 is 0. The molecule has 0 N–H and O–H groups in total. The smallest absolute Gasteiger partial charge is 0.253 e. The van der Waals surface area contributed by atoms with Gasteiger partial charge in [-0.1, -0.05) is 24.3 Å². The van der Waals surface area contributed by atoms with E-state index in [4.69, 9.17) is 4.42 Å². The average Bonchev–Trinajstić information content (AvgIpc) is 3.43. The third-order valence-electron chi connectivity index (χ3n) is 6.99. The van der Waals surface area contributed by atoms with Gasteiger partial charge in [0.05, 0.1) is 12.8 Å². The summed E-state index contributed by atoms with van der Waals surface area (Å²) in [5.74, 6) is 0.770. The number of piperidine rings is 1. The van der Waals surface area contributed by atoms with Gasteiger partial charge < -0.3 is 19.1 Å². The van der Waals surface area contributed by atoms with Crippen LogP contribution < -0.4 is 0 Å². The lowest BCUT2D eigenvalue weighted by molar-refractivity contribution is -0.134. The summed E-state index contributed by atoms with van der Waals surface area (Å²) in [6, 6.07) is 17.7. The first kappa shape index (κ1) is 25.6. The quantitative estimate of drug-likeness (QED) is 0.463. The van der Waals surface area contributed by atoms with Gasteiger partial charge in [0.2, 0.25) is 5.91 Å². The predicted octanol–water partition coefficient (Wildman–Crippen LogP) is 4.57. The number of furan rings is 1. The van der Waals surface area contributed by atoms with Gasteiger partial charge in [-0.25, -0.2) is 4.39 Å². The first-order valence-electron chi connectivity index (χ1n) is 12.4. The zero-order valence-corrected chi connectivity index (χ0v) is 21.2. The molecule has 0 aliphatic carbocycles. The number of carbonyl (C=O) groups is 2. The molecule has 0 spiro atoms. The van der Waals surface area contributed by atoms with Crippen LogP contribution in [0.4, 0.5) is 4.39 Å². The van der Waals surface area contributed by atoms with E-state index in [2.05, 4.69) is 0 Å². The Morgan fingerprint density at radius 2 is 1.75 bits per heavy atom. The molecule has 0 radical (unpaired) electrons. The minimum absolute atomic E-state index is 0.00831. The van der Waals surface area contributed by atoms with Crippen molar-refractivity contribution in [1.82, 2.24) is 14.7 Å². The Labute approximate surface area is 212 Å². The van der Waals surface area contributed by atoms with Gasteiger partial charge in [0.25, 0.3) is 5.91 Å². The Bertz CT molecular complexity index is 1150. The van der Waals surface area contributed by atoms with E-state index in [1.807, 2.05) is 72.2 Å². The number of likely N-dealkylation sites (N-methyl/N-ethyl adjacent to an activating group) is 2. The van der Waals surface area contributed by atoms with Crippen molar-refractivity contribution in [3.05, 3.63) is 83.9 Å². The molecular weight excluding hydrogens is 457 g/mol. The first-order valence-corrected chi connectivity index (χ1v) is 12.4. The van der Waals surface area contributed by atoms with Crippen molar-refractivity contribution in [2.24, 2.45) is 5.92 Å². The van der Waals surface area contributed by atoms with Crippen molar-refractivity contribution in [2.75, 3.05) is 40.8 Å². The zero-order valence-electron chi connectivity index (χ0n) is 21.2. The van der Waals surface area contributed by atoms with E-state index in [-0.39, 0.29) is 29.6 Å². The van der Waals surface area contributed by atoms with Crippen LogP contribution in [0.15, 0.2) is 71.3 Å². The summed E-state index contributed by atoms with van der Waals surface area (Å²) in [4.78, 5) is 31.8. The fourth-order valence-electron chi connectivity index (χ4n) is 4.97. The van der Waals surface area contributed by atoms with E-state index in [9.17, 15) is 14.0 Å². The second-order valence-corrected chi connectivity index (χ2v) is 9.83. The van der Waals surface area contributed by atoms with E-state index in [0.717, 1.165) is 29.7 Å². The van der Waals surface area contributed by atoms with Crippen LogP contribution in [0.25, 0.3) is 11.3 Å². The second-order valence-electron chi connectivity index (χ2n) is 9.83. The van der Waals surface area contributed by atoms with Crippen LogP contribution in [0.5, 0.6) is 0 Å². The fourth-order valence-corrected chi connectivity index (χ4v) is 4.97. The Balaban J connectivity index is 1.45. The van der Waals surface area contributed by atoms with Crippen LogP contribution >= 0.6 is 0 Å². The minimum Gasteiger partial charge on any atom is -0.464 e. The second kappa shape index (κ2) is 11.5. The van der Waals surface area contributed by atoms with Crippen LogP contribution in [0.1, 0.15) is 28.8 Å². The highest BCUT2D eigenvalue weighted by Crippen LogP contribution is 2.28. The monoisotopic (exact) mass is 491 g/mol. The van der Waals surface area contributed by atoms with Gasteiger partial charge in [-0.15, -0.1) is 0 Å². The molecule has 1 aliphatic rings. The molecule has 190 valence electrons. The highest BCUT2D eigenvalue weighted by atomic mass is 19.1. The highest BCUT2D eigenvalue weighted by molar-refractivity contribution is 5.95. The fraction of sp³-hybridized carbons (Fsp3) is 0.379. The number of nitrogens with zero attached hydrogens (tertiary/aromatic N) is 3. The van der Waals surface area contributed by atoms with Crippen molar-refractivity contribution < 1.29 is 18.4 Å². The number of amides is 2. The van der Waals surface area contributed by atoms with Gasteiger partial charge in [0.15, 0.2) is 0 Å². The molecule has 7 heteroatoms. The maximum Gasteiger partial charge on any atom is 0.253 e. The summed E-state index contributed by atoms with van der Waals surface area (Å²) in [5.41, 5.74) is 2.52. The summed E-state index contributed by atoms with van der Waals surface area (Å²) in [6.07, 6.45) is 3.88. The number of hydrogen-bond donors (Lipinski definition) is 0. The predicted molar refractivity (Wildman–Crippen MR) is 138 cm³/mol. The number of hydrogen-bond acceptors (Lipinski definition) is 4. The largest absolute Gasteiger partial charge is 0.464 e. The summed E-state index contributed by atoms with van der Waals surface area (Å²) in [5, 5.41) is 0. The Kier molecular flexibility index (Phi) is 8.21. The van der Waals surface area contributed by atoms with Crippen molar-refractivity contribution in [3.63, 3.8) is 0 Å². The molecule has 1 fully saturated rings. The van der Waals surface area contributed by atoms with E-state index in [1.165, 1.54) is 12.1 Å². The molecule has 1 atom stereocenters. The van der Waals surface area contributed by atoms with Gasteiger partial charge in [-0.05, 0) is 81.2 Å². The van der Waals surface area contributed by atoms with E-state index < -0.39 is 0 Å². The molecule has 1 aliphatic heterocycles. The molecule has 1 aromatic heterocycles. The van der Waals surface area contributed by atoms with Crippen LogP contribution in [0.2, 0.25) is 0 Å². The van der Waals surface area contributed by atoms with Gasteiger partial charge >= 0.3 is 0 Å². The molecule has 2 aromatic carbocycles. The number of benzene rings is 2. The Morgan fingerprint density at radius 1 is 1.03 bits per heavy atom. The van der Waals surface area contributed by atoms with E-state index in [0.29, 0.717) is 31.6 Å². The third kappa shape index (κ3) is 6.21. The minimum atomic E-state index is -0.268. The van der Waals surface area contributed by atoms with Gasteiger partial charge in [0, 0.05) is 37.3 Å². The summed E-state index contributed by atoms with van der Waals surface area (Å²) < 4.78 is 18.9. The molecule has 1 saturated heterocycles. The molecule has 2 heterocycles. The highest BCUT2D eigenvalue weighted by Gasteiger charge is 2.33. The van der Waals surface area contributed by atoms with Gasteiger partial charge in [-0.3, -0.25) is 9.59 Å². The number of halogens is 1. The van der Waals surface area contributed by atoms with Crippen molar-refractivity contribution in [1.29, 1.82) is 0 Å². The van der Waals surface area contributed by atoms with Crippen LogP contribution in [0, 0.1) is 11.7 Å². The van der Waals surface area contributed by atoms with E-state index >= 15 is 0 Å². The molecule has 36 heavy (non-hydrogen) atoms. The molecular formula is C29H34FN3O3. The molecule has 0 bridgehead atoms. The van der Waals surface area contributed by atoms with Crippen LogP contribution in [-0.4, -0.2) is 73.3 Å². The van der Waals surface area contributed by atoms with Crippen molar-refractivity contribution in [3.8, 4) is 11.3 Å². The summed E-state index contributed by atoms with van der Waals surface area (Å²) in [6.45, 7) is 1.59. The number of rotatable bonds is 8. The van der Waals surface area contributed by atoms with Crippen LogP contribution in [0.3, 0.4) is 0 Å². The lowest BCUT2D eigenvalue weighted by Crippen LogP contribution is -2.50. The van der Waals surface area contributed by atoms with Crippen LogP contribution in [-0.2, 0) is 11.2 Å². The van der Waals surface area contributed by atoms with E-state index in [1.54, 1.807) is 18.4 Å². The van der Waals surface area contributed by atoms with Crippen molar-refractivity contribution in [2.45, 2.75) is 25.3 Å². The standard InChI is InChI=1S/C29H34FN3O3/c1-31(2)20-28(34)32(3)26(18-21-9-11-25(30)12-10-21)22-13-15-33(16-14-22)29(35)24-7-4-6-23(19-24)27-8-5-17-36-27/h4-12,17,19,22,26H,13-16,18,20H2,1-3H3/t26-/m0/s1. The maximum atomic E-state index is 13.5. The van der Waals surface area contributed by atoms with Gasteiger partial charge in [-0.2, -0.15) is 0 Å². The molecule has 4 rings (SSSR count). The Hall–Kier alpha value is -3.45. The third-order valence-corrected chi connectivity index (χ3v) is 6.99. The summed E-state index contributed by atoms with van der Waals surface area (Å²) in [7, 11) is 5.62. The lowest BCUT2D eigenvalue weighted by Gasteiger charge is -2.40. The molecule has 6 nitrogen and oxygen atoms in total. The lowest BCUT2D eigenvalue weighted by atomic mass is 9.84. The van der Waals surface area contributed by atoms with Gasteiger partial charge in [0.1, 0.15) is 11.6 Å². The average molecular weight is 492 g/mol. The first-order chi connectivity index (χ1) is 17.3. The molecule has 2 amide bonds. The Morgan fingerprint density at radius 3 is 2.39 bits per heavy atom. The normalized spacial score (nSPS) is 15.2. The zero-order chi connectivity index (χ0) is 25.7. The maximum absolute atomic E-state index is 13.5. The molecule has 0 saturated carbocycles. The molecule has 3 aromatic rings. The van der Waals surface area contributed by atoms with Crippen molar-refractivity contribution >= 4 is 11.8 Å².